The molecule has 1 unspecified atom stereocenters. The summed E-state index contributed by atoms with van der Waals surface area (Å²) in [4.78, 5) is 29.1. The topological polar surface area (TPSA) is 58.6 Å². The summed E-state index contributed by atoms with van der Waals surface area (Å²) in [5.74, 6) is -0.140. The fraction of sp³-hybridized carbons (Fsp3) is 0.188. The normalized spacial score (nSPS) is 11.4. The lowest BCUT2D eigenvalue weighted by molar-refractivity contribution is -0.140. The number of carbonyl (C=O) groups is 2. The van der Waals surface area contributed by atoms with E-state index in [4.69, 9.17) is 4.74 Å². The molecule has 0 saturated carbocycles. The van der Waals surface area contributed by atoms with Crippen LogP contribution in [0, 0.1) is 5.82 Å². The highest BCUT2D eigenvalue weighted by Crippen LogP contribution is 2.19. The van der Waals surface area contributed by atoms with Gasteiger partial charge in [0.05, 0.1) is 13.5 Å². The average Bonchev–Trinajstić information content (AvgIpc) is 2.95. The van der Waals surface area contributed by atoms with Gasteiger partial charge in [0, 0.05) is 25.1 Å². The maximum Gasteiger partial charge on any atom is 0.243 e. The Kier molecular flexibility index (Phi) is 9.24. The lowest BCUT2D eigenvalue weighted by Gasteiger charge is -2.32. The number of benzene rings is 4. The molecule has 2 amide bonds. The zero-order chi connectivity index (χ0) is 26.7. The van der Waals surface area contributed by atoms with Crippen molar-refractivity contribution >= 4 is 11.8 Å². The summed E-state index contributed by atoms with van der Waals surface area (Å²) < 4.78 is 19.0. The predicted molar refractivity (Wildman–Crippen MR) is 146 cm³/mol. The highest BCUT2D eigenvalue weighted by molar-refractivity contribution is 5.88. The Labute approximate surface area is 222 Å². The van der Waals surface area contributed by atoms with E-state index in [9.17, 15) is 14.0 Å². The minimum atomic E-state index is -0.784. The number of carbonyl (C=O) groups excluding carboxylic acids is 2. The Hall–Kier alpha value is -4.45. The molecule has 38 heavy (non-hydrogen) atoms. The number of rotatable bonds is 11. The highest BCUT2D eigenvalue weighted by Gasteiger charge is 2.30. The molecule has 0 fully saturated rings. The summed E-state index contributed by atoms with van der Waals surface area (Å²) in [5.41, 5.74) is 3.36. The summed E-state index contributed by atoms with van der Waals surface area (Å²) in [6, 6.07) is 31.8. The van der Waals surface area contributed by atoms with E-state index < -0.39 is 6.04 Å². The van der Waals surface area contributed by atoms with Crippen LogP contribution in [0.2, 0.25) is 0 Å². The molecule has 194 valence electrons. The first kappa shape index (κ1) is 26.6. The van der Waals surface area contributed by atoms with Crippen LogP contribution < -0.4 is 10.1 Å². The molecule has 0 saturated heterocycles. The number of para-hydroxylation sites is 1. The van der Waals surface area contributed by atoms with Crippen LogP contribution in [-0.4, -0.2) is 29.9 Å². The molecule has 0 radical (unpaired) electrons. The van der Waals surface area contributed by atoms with Crippen molar-refractivity contribution in [1.29, 1.82) is 0 Å². The summed E-state index contributed by atoms with van der Waals surface area (Å²) in [7, 11) is 1.59. The van der Waals surface area contributed by atoms with Crippen LogP contribution in [0.3, 0.4) is 0 Å². The second kappa shape index (κ2) is 13.2. The maximum atomic E-state index is 13.8. The third kappa shape index (κ3) is 7.29. The summed E-state index contributed by atoms with van der Waals surface area (Å²) in [6.45, 7) is 0.428. The van der Waals surface area contributed by atoms with Crippen molar-refractivity contribution in [3.63, 3.8) is 0 Å². The van der Waals surface area contributed by atoms with Gasteiger partial charge in [-0.15, -0.1) is 0 Å². The van der Waals surface area contributed by atoms with Gasteiger partial charge in [-0.3, -0.25) is 9.59 Å². The van der Waals surface area contributed by atoms with E-state index in [1.807, 2.05) is 84.9 Å². The van der Waals surface area contributed by atoms with Gasteiger partial charge in [0.2, 0.25) is 11.8 Å². The van der Waals surface area contributed by atoms with Crippen molar-refractivity contribution in [1.82, 2.24) is 10.2 Å². The SMILES string of the molecule is COc1ccccc1CNC(=O)C(Cc1ccccc1)N(Cc1ccc(F)cc1)C(=O)Cc1ccccc1. The number of nitrogens with zero attached hydrogens (tertiary/aromatic N) is 1. The van der Waals surface area contributed by atoms with Gasteiger partial charge in [0.15, 0.2) is 0 Å². The second-order valence-electron chi connectivity index (χ2n) is 9.05. The maximum absolute atomic E-state index is 13.8. The van der Waals surface area contributed by atoms with Crippen LogP contribution in [0.4, 0.5) is 4.39 Å². The minimum absolute atomic E-state index is 0.146. The van der Waals surface area contributed by atoms with Gasteiger partial charge in [-0.25, -0.2) is 4.39 Å². The van der Waals surface area contributed by atoms with Crippen molar-refractivity contribution in [3.8, 4) is 5.75 Å². The van der Waals surface area contributed by atoms with E-state index in [2.05, 4.69) is 5.32 Å². The Bertz CT molecular complexity index is 1330. The van der Waals surface area contributed by atoms with Crippen LogP contribution in [0.1, 0.15) is 22.3 Å². The van der Waals surface area contributed by atoms with Gasteiger partial charge < -0.3 is 15.0 Å². The lowest BCUT2D eigenvalue weighted by Crippen LogP contribution is -2.50. The molecule has 0 aliphatic carbocycles. The zero-order valence-electron chi connectivity index (χ0n) is 21.3. The first-order valence-electron chi connectivity index (χ1n) is 12.5. The van der Waals surface area contributed by atoms with Gasteiger partial charge in [0.25, 0.3) is 0 Å². The molecule has 1 N–H and O–H groups in total. The molecule has 4 aromatic carbocycles. The minimum Gasteiger partial charge on any atom is -0.496 e. The van der Waals surface area contributed by atoms with Crippen molar-refractivity contribution in [2.24, 2.45) is 0 Å². The van der Waals surface area contributed by atoms with Crippen LogP contribution in [0.25, 0.3) is 0 Å². The Morgan fingerprint density at radius 1 is 0.789 bits per heavy atom. The van der Waals surface area contributed by atoms with E-state index in [1.165, 1.54) is 12.1 Å². The quantitative estimate of drug-likeness (QED) is 0.297. The number of ether oxygens (including phenoxy) is 1. The summed E-state index contributed by atoms with van der Waals surface area (Å²) >= 11 is 0. The Morgan fingerprint density at radius 2 is 1.39 bits per heavy atom. The molecule has 0 spiro atoms. The molecule has 4 aromatic rings. The largest absolute Gasteiger partial charge is 0.496 e. The molecule has 6 heteroatoms. The van der Waals surface area contributed by atoms with Crippen molar-refractivity contribution in [2.75, 3.05) is 7.11 Å². The Morgan fingerprint density at radius 3 is 2.05 bits per heavy atom. The van der Waals surface area contributed by atoms with Gasteiger partial charge in [-0.2, -0.15) is 0 Å². The third-order valence-corrected chi connectivity index (χ3v) is 6.38. The number of hydrogen-bond acceptors (Lipinski definition) is 3. The zero-order valence-corrected chi connectivity index (χ0v) is 21.3. The second-order valence-corrected chi connectivity index (χ2v) is 9.05. The first-order valence-corrected chi connectivity index (χ1v) is 12.5. The highest BCUT2D eigenvalue weighted by atomic mass is 19.1. The average molecular weight is 511 g/mol. The standard InChI is InChI=1S/C32H31FN2O3/c1-38-30-15-9-8-14-27(30)22-34-32(37)29(20-24-10-4-2-5-11-24)35(23-26-16-18-28(33)19-17-26)31(36)21-25-12-6-3-7-13-25/h2-19,29H,20-23H2,1H3,(H,34,37). The van der Waals surface area contributed by atoms with Crippen molar-refractivity contribution in [3.05, 3.63) is 137 Å². The van der Waals surface area contributed by atoms with Crippen LogP contribution >= 0.6 is 0 Å². The van der Waals surface area contributed by atoms with E-state index in [-0.39, 0.29) is 37.1 Å². The van der Waals surface area contributed by atoms with Crippen LogP contribution in [-0.2, 0) is 35.5 Å². The fourth-order valence-electron chi connectivity index (χ4n) is 4.36. The van der Waals surface area contributed by atoms with Crippen LogP contribution in [0.15, 0.2) is 109 Å². The molecule has 5 nitrogen and oxygen atoms in total. The summed E-state index contributed by atoms with van der Waals surface area (Å²) in [6.07, 6.45) is 0.480. The summed E-state index contributed by atoms with van der Waals surface area (Å²) in [5, 5.41) is 3.02. The monoisotopic (exact) mass is 510 g/mol. The molecular weight excluding hydrogens is 479 g/mol. The number of methoxy groups -OCH3 is 1. The molecule has 0 aliphatic rings. The van der Waals surface area contributed by atoms with E-state index in [1.54, 1.807) is 24.1 Å². The van der Waals surface area contributed by atoms with Crippen molar-refractivity contribution < 1.29 is 18.7 Å². The van der Waals surface area contributed by atoms with E-state index >= 15 is 0 Å². The molecule has 0 bridgehead atoms. The van der Waals surface area contributed by atoms with Crippen LogP contribution in [0.5, 0.6) is 5.75 Å². The van der Waals surface area contributed by atoms with E-state index in [0.717, 1.165) is 22.3 Å². The van der Waals surface area contributed by atoms with Crippen molar-refractivity contribution in [2.45, 2.75) is 32.0 Å². The third-order valence-electron chi connectivity index (χ3n) is 6.38. The molecule has 4 rings (SSSR count). The lowest BCUT2D eigenvalue weighted by atomic mass is 10.0. The number of amides is 2. The number of nitrogens with one attached hydrogen (secondary N) is 1. The molecule has 1 atom stereocenters. The van der Waals surface area contributed by atoms with Gasteiger partial charge >= 0.3 is 0 Å². The fourth-order valence-corrected chi connectivity index (χ4v) is 4.36. The molecule has 0 heterocycles. The number of hydrogen-bond donors (Lipinski definition) is 1. The number of halogens is 1. The molecular formula is C32H31FN2O3. The molecule has 0 aromatic heterocycles. The first-order chi connectivity index (χ1) is 18.5. The predicted octanol–water partition coefficient (Wildman–Crippen LogP) is 5.33. The van der Waals surface area contributed by atoms with E-state index in [0.29, 0.717) is 12.2 Å². The van der Waals surface area contributed by atoms with Gasteiger partial charge in [0.1, 0.15) is 17.6 Å². The Balaban J connectivity index is 1.65. The molecule has 0 aliphatic heterocycles. The van der Waals surface area contributed by atoms with Gasteiger partial charge in [-0.1, -0.05) is 91.0 Å². The van der Waals surface area contributed by atoms with Gasteiger partial charge in [-0.05, 0) is 34.9 Å². The smallest absolute Gasteiger partial charge is 0.243 e.